The maximum absolute atomic E-state index is 12.9. The summed E-state index contributed by atoms with van der Waals surface area (Å²) in [4.78, 5) is 25.7. The highest BCUT2D eigenvalue weighted by atomic mass is 32.2. The Balaban J connectivity index is 1.84. The Bertz CT molecular complexity index is 1150. The number of nitrogens with one attached hydrogen (secondary N) is 1. The van der Waals surface area contributed by atoms with Crippen molar-refractivity contribution >= 4 is 27.3 Å². The standard InChI is InChI=1S/C20H13NO4S/c22-19-14-9-4-5-10-15(14)20(23)18-16(19)11-6-12-17(18)21-26(24,25)13-7-2-1-3-8-13/h1-12,21H. The van der Waals surface area contributed by atoms with E-state index < -0.39 is 10.0 Å². The largest absolute Gasteiger partial charge is 0.289 e. The molecule has 0 saturated carbocycles. The molecule has 0 heterocycles. The summed E-state index contributed by atoms with van der Waals surface area (Å²) in [5, 5.41) is 0. The molecule has 1 aliphatic rings. The van der Waals surface area contributed by atoms with Gasteiger partial charge in [-0.1, -0.05) is 54.6 Å². The molecular weight excluding hydrogens is 350 g/mol. The molecule has 0 saturated heterocycles. The molecule has 0 aliphatic heterocycles. The number of fused-ring (bicyclic) bond motifs is 2. The van der Waals surface area contributed by atoms with Crippen LogP contribution >= 0.6 is 0 Å². The molecule has 0 atom stereocenters. The van der Waals surface area contributed by atoms with Gasteiger partial charge in [-0.3, -0.25) is 14.3 Å². The first-order chi connectivity index (χ1) is 12.5. The monoisotopic (exact) mass is 363 g/mol. The van der Waals surface area contributed by atoms with Crippen LogP contribution < -0.4 is 4.72 Å². The van der Waals surface area contributed by atoms with Crippen LogP contribution in [0.15, 0.2) is 77.7 Å². The minimum Gasteiger partial charge on any atom is -0.289 e. The molecule has 0 spiro atoms. The molecule has 0 fully saturated rings. The number of ketones is 2. The first-order valence-corrected chi connectivity index (χ1v) is 9.37. The number of hydrogen-bond acceptors (Lipinski definition) is 4. The molecule has 1 aliphatic carbocycles. The highest BCUT2D eigenvalue weighted by Crippen LogP contribution is 2.32. The van der Waals surface area contributed by atoms with E-state index in [1.54, 1.807) is 48.5 Å². The quantitative estimate of drug-likeness (QED) is 0.606. The molecule has 3 aromatic rings. The minimum atomic E-state index is -3.88. The second kappa shape index (κ2) is 5.93. The third-order valence-corrected chi connectivity index (χ3v) is 5.63. The van der Waals surface area contributed by atoms with Gasteiger partial charge in [0.2, 0.25) is 0 Å². The molecule has 128 valence electrons. The lowest BCUT2D eigenvalue weighted by Gasteiger charge is -2.20. The Hall–Kier alpha value is -3.25. The summed E-state index contributed by atoms with van der Waals surface area (Å²) in [5.74, 6) is -0.669. The van der Waals surface area contributed by atoms with Gasteiger partial charge in [0.05, 0.1) is 16.1 Å². The molecule has 0 amide bonds. The van der Waals surface area contributed by atoms with Crippen molar-refractivity contribution in [3.8, 4) is 0 Å². The van der Waals surface area contributed by atoms with Crippen LogP contribution in [-0.2, 0) is 10.0 Å². The van der Waals surface area contributed by atoms with Crippen molar-refractivity contribution in [2.75, 3.05) is 4.72 Å². The van der Waals surface area contributed by atoms with Crippen molar-refractivity contribution < 1.29 is 18.0 Å². The summed E-state index contributed by atoms with van der Waals surface area (Å²) >= 11 is 0. The van der Waals surface area contributed by atoms with Gasteiger partial charge in [0.1, 0.15) is 0 Å². The van der Waals surface area contributed by atoms with E-state index >= 15 is 0 Å². The van der Waals surface area contributed by atoms with Gasteiger partial charge in [0.15, 0.2) is 11.6 Å². The fourth-order valence-electron chi connectivity index (χ4n) is 3.03. The Morgan fingerprint density at radius 2 is 1.19 bits per heavy atom. The van der Waals surface area contributed by atoms with Crippen LogP contribution in [-0.4, -0.2) is 20.0 Å². The number of carbonyl (C=O) groups excluding carboxylic acids is 2. The number of rotatable bonds is 3. The van der Waals surface area contributed by atoms with Gasteiger partial charge in [-0.2, -0.15) is 0 Å². The maximum Gasteiger partial charge on any atom is 0.261 e. The topological polar surface area (TPSA) is 80.3 Å². The summed E-state index contributed by atoms with van der Waals surface area (Å²) in [6.07, 6.45) is 0. The zero-order valence-electron chi connectivity index (χ0n) is 13.5. The van der Waals surface area contributed by atoms with Gasteiger partial charge in [-0.25, -0.2) is 8.42 Å². The van der Waals surface area contributed by atoms with Gasteiger partial charge >= 0.3 is 0 Å². The first-order valence-electron chi connectivity index (χ1n) is 7.88. The molecule has 5 nitrogen and oxygen atoms in total. The predicted molar refractivity (Wildman–Crippen MR) is 97.0 cm³/mol. The number of anilines is 1. The Morgan fingerprint density at radius 1 is 0.615 bits per heavy atom. The molecule has 0 bridgehead atoms. The Kier molecular flexibility index (Phi) is 3.70. The number of carbonyl (C=O) groups is 2. The van der Waals surface area contributed by atoms with Crippen LogP contribution in [0.4, 0.5) is 5.69 Å². The van der Waals surface area contributed by atoms with E-state index in [4.69, 9.17) is 0 Å². The Labute approximate surface area is 150 Å². The third-order valence-electron chi connectivity index (χ3n) is 4.25. The van der Waals surface area contributed by atoms with E-state index in [0.29, 0.717) is 5.56 Å². The van der Waals surface area contributed by atoms with Gasteiger partial charge < -0.3 is 0 Å². The van der Waals surface area contributed by atoms with E-state index in [2.05, 4.69) is 4.72 Å². The second-order valence-electron chi connectivity index (χ2n) is 5.85. The molecule has 26 heavy (non-hydrogen) atoms. The Morgan fingerprint density at radius 3 is 1.88 bits per heavy atom. The first kappa shape index (κ1) is 16.2. The van der Waals surface area contributed by atoms with Crippen LogP contribution in [0.3, 0.4) is 0 Å². The van der Waals surface area contributed by atoms with E-state index in [0.717, 1.165) is 0 Å². The van der Waals surface area contributed by atoms with E-state index in [9.17, 15) is 18.0 Å². The van der Waals surface area contributed by atoms with Crippen LogP contribution in [0.25, 0.3) is 0 Å². The predicted octanol–water partition coefficient (Wildman–Crippen LogP) is 3.26. The van der Waals surface area contributed by atoms with E-state index in [1.165, 1.54) is 24.3 Å². The van der Waals surface area contributed by atoms with E-state index in [-0.39, 0.29) is 38.8 Å². The highest BCUT2D eigenvalue weighted by Gasteiger charge is 2.32. The molecule has 6 heteroatoms. The molecular formula is C20H13NO4S. The van der Waals surface area contributed by atoms with Gasteiger partial charge in [0, 0.05) is 16.7 Å². The molecule has 0 unspecified atom stereocenters. The smallest absolute Gasteiger partial charge is 0.261 e. The van der Waals surface area contributed by atoms with Crippen LogP contribution in [0, 0.1) is 0 Å². The normalized spacial score (nSPS) is 13.1. The van der Waals surface area contributed by atoms with Crippen LogP contribution in [0.5, 0.6) is 0 Å². The van der Waals surface area contributed by atoms with Crippen LogP contribution in [0.2, 0.25) is 0 Å². The summed E-state index contributed by atoms with van der Waals surface area (Å²) in [5.41, 5.74) is 0.973. The summed E-state index contributed by atoms with van der Waals surface area (Å²) in [7, 11) is -3.88. The molecule has 0 aromatic heterocycles. The third kappa shape index (κ3) is 2.51. The van der Waals surface area contributed by atoms with Crippen molar-refractivity contribution in [3.63, 3.8) is 0 Å². The second-order valence-corrected chi connectivity index (χ2v) is 7.53. The average molecular weight is 363 g/mol. The zero-order chi connectivity index (χ0) is 18.3. The lowest BCUT2D eigenvalue weighted by molar-refractivity contribution is 0.0979. The maximum atomic E-state index is 12.9. The molecule has 4 rings (SSSR count). The lowest BCUT2D eigenvalue weighted by Crippen LogP contribution is -2.24. The lowest BCUT2D eigenvalue weighted by atomic mass is 9.83. The fourth-order valence-corrected chi connectivity index (χ4v) is 4.13. The molecule has 1 N–H and O–H groups in total. The molecule has 0 radical (unpaired) electrons. The highest BCUT2D eigenvalue weighted by molar-refractivity contribution is 7.92. The number of sulfonamides is 1. The van der Waals surface area contributed by atoms with Gasteiger partial charge in [-0.15, -0.1) is 0 Å². The minimum absolute atomic E-state index is 0.0765. The summed E-state index contributed by atoms with van der Waals surface area (Å²) < 4.78 is 27.7. The van der Waals surface area contributed by atoms with Crippen molar-refractivity contribution in [3.05, 3.63) is 95.1 Å². The van der Waals surface area contributed by atoms with Gasteiger partial charge in [0.25, 0.3) is 10.0 Å². The summed E-state index contributed by atoms with van der Waals surface area (Å²) in [6, 6.07) is 19.0. The average Bonchev–Trinajstić information content (AvgIpc) is 2.66. The van der Waals surface area contributed by atoms with Crippen LogP contribution in [0.1, 0.15) is 31.8 Å². The van der Waals surface area contributed by atoms with Gasteiger partial charge in [-0.05, 0) is 18.2 Å². The van der Waals surface area contributed by atoms with E-state index in [1.807, 2.05) is 0 Å². The van der Waals surface area contributed by atoms with Crippen molar-refractivity contribution in [2.45, 2.75) is 4.90 Å². The van der Waals surface area contributed by atoms with Crippen molar-refractivity contribution in [1.29, 1.82) is 0 Å². The number of hydrogen-bond donors (Lipinski definition) is 1. The fraction of sp³-hybridized carbons (Fsp3) is 0. The van der Waals surface area contributed by atoms with Crippen molar-refractivity contribution in [2.24, 2.45) is 0 Å². The zero-order valence-corrected chi connectivity index (χ0v) is 14.3. The SMILES string of the molecule is O=C1c2ccccc2C(=O)c2c(NS(=O)(=O)c3ccccc3)cccc21. The summed E-state index contributed by atoms with van der Waals surface area (Å²) in [6.45, 7) is 0. The molecule has 3 aromatic carbocycles. The van der Waals surface area contributed by atoms with Crippen molar-refractivity contribution in [1.82, 2.24) is 0 Å². The number of benzene rings is 3.